The Morgan fingerprint density at radius 2 is 2.06 bits per heavy atom. The molecule has 0 spiro atoms. The van der Waals surface area contributed by atoms with E-state index in [1.807, 2.05) is 0 Å². The van der Waals surface area contributed by atoms with Crippen LogP contribution in [0.25, 0.3) is 0 Å². The molecule has 2 heterocycles. The fourth-order valence-electron chi connectivity index (χ4n) is 2.75. The summed E-state index contributed by atoms with van der Waals surface area (Å²) in [5.41, 5.74) is 2.31. The molecule has 1 aliphatic carbocycles. The Balaban J connectivity index is 1.81. The highest BCUT2D eigenvalue weighted by molar-refractivity contribution is 7.91. The standard InChI is InChI=1S/C12H17N3O2S/c16-18(17)6-5-9(7-18)15-12-10-3-1-2-4-11(10)13-8-14-12/h8-9H,1-7H2,(H,13,14,15). The summed E-state index contributed by atoms with van der Waals surface area (Å²) in [5.74, 6) is 1.37. The quantitative estimate of drug-likeness (QED) is 0.864. The molecule has 6 heteroatoms. The second kappa shape index (κ2) is 4.50. The van der Waals surface area contributed by atoms with Crippen molar-refractivity contribution in [3.63, 3.8) is 0 Å². The molecule has 18 heavy (non-hydrogen) atoms. The Morgan fingerprint density at radius 1 is 1.22 bits per heavy atom. The highest BCUT2D eigenvalue weighted by Gasteiger charge is 2.29. The molecule has 1 atom stereocenters. The summed E-state index contributed by atoms with van der Waals surface area (Å²) in [6.45, 7) is 0. The van der Waals surface area contributed by atoms with Crippen molar-refractivity contribution in [2.24, 2.45) is 0 Å². The van der Waals surface area contributed by atoms with Crippen molar-refractivity contribution in [1.82, 2.24) is 9.97 Å². The number of aromatic nitrogens is 2. The van der Waals surface area contributed by atoms with Crippen molar-refractivity contribution in [2.75, 3.05) is 16.8 Å². The molecule has 2 aliphatic rings. The van der Waals surface area contributed by atoms with Crippen LogP contribution in [0.1, 0.15) is 30.5 Å². The maximum atomic E-state index is 11.4. The Kier molecular flexibility index (Phi) is 2.97. The number of sulfone groups is 1. The zero-order valence-corrected chi connectivity index (χ0v) is 11.0. The zero-order chi connectivity index (χ0) is 12.6. The van der Waals surface area contributed by atoms with Crippen LogP contribution in [-0.2, 0) is 22.7 Å². The lowest BCUT2D eigenvalue weighted by Crippen LogP contribution is -2.23. The first kappa shape index (κ1) is 11.9. The van der Waals surface area contributed by atoms with Crippen LogP contribution in [0.3, 0.4) is 0 Å². The number of hydrogen-bond acceptors (Lipinski definition) is 5. The van der Waals surface area contributed by atoms with Crippen LogP contribution in [0.2, 0.25) is 0 Å². The van der Waals surface area contributed by atoms with Gasteiger partial charge in [-0.05, 0) is 32.1 Å². The van der Waals surface area contributed by atoms with Gasteiger partial charge in [0.25, 0.3) is 0 Å². The number of anilines is 1. The van der Waals surface area contributed by atoms with E-state index in [1.165, 1.54) is 12.0 Å². The molecule has 0 bridgehead atoms. The number of hydrogen-bond donors (Lipinski definition) is 1. The Bertz CT molecular complexity index is 556. The first-order chi connectivity index (χ1) is 8.64. The molecule has 0 aromatic carbocycles. The van der Waals surface area contributed by atoms with Gasteiger partial charge in [-0.3, -0.25) is 0 Å². The number of fused-ring (bicyclic) bond motifs is 1. The lowest BCUT2D eigenvalue weighted by molar-refractivity contribution is 0.602. The van der Waals surface area contributed by atoms with Crippen LogP contribution in [-0.4, -0.2) is 35.9 Å². The van der Waals surface area contributed by atoms with Crippen molar-refractivity contribution >= 4 is 15.7 Å². The van der Waals surface area contributed by atoms with Gasteiger partial charge in [-0.2, -0.15) is 0 Å². The maximum absolute atomic E-state index is 11.4. The lowest BCUT2D eigenvalue weighted by atomic mass is 9.96. The minimum absolute atomic E-state index is 0.0101. The van der Waals surface area contributed by atoms with Gasteiger partial charge in [-0.15, -0.1) is 0 Å². The van der Waals surface area contributed by atoms with E-state index in [1.54, 1.807) is 6.33 Å². The number of rotatable bonds is 2. The summed E-state index contributed by atoms with van der Waals surface area (Å²) >= 11 is 0. The maximum Gasteiger partial charge on any atom is 0.152 e. The van der Waals surface area contributed by atoms with Gasteiger partial charge in [0.15, 0.2) is 9.84 Å². The third-order valence-electron chi connectivity index (χ3n) is 3.70. The number of nitrogens with one attached hydrogen (secondary N) is 1. The fourth-order valence-corrected chi connectivity index (χ4v) is 4.42. The average molecular weight is 267 g/mol. The predicted octanol–water partition coefficient (Wildman–Crippen LogP) is 0.954. The van der Waals surface area contributed by atoms with E-state index in [4.69, 9.17) is 0 Å². The molecule has 1 aromatic rings. The molecule has 1 fully saturated rings. The molecule has 0 radical (unpaired) electrons. The van der Waals surface area contributed by atoms with Crippen molar-refractivity contribution in [2.45, 2.75) is 38.1 Å². The van der Waals surface area contributed by atoms with E-state index in [9.17, 15) is 8.42 Å². The molecule has 1 aliphatic heterocycles. The monoisotopic (exact) mass is 267 g/mol. The fraction of sp³-hybridized carbons (Fsp3) is 0.667. The van der Waals surface area contributed by atoms with E-state index in [0.717, 1.165) is 30.8 Å². The van der Waals surface area contributed by atoms with Gasteiger partial charge in [0.1, 0.15) is 12.1 Å². The van der Waals surface area contributed by atoms with Crippen molar-refractivity contribution in [3.8, 4) is 0 Å². The van der Waals surface area contributed by atoms with Crippen LogP contribution in [0.5, 0.6) is 0 Å². The highest BCUT2D eigenvalue weighted by atomic mass is 32.2. The summed E-state index contributed by atoms with van der Waals surface area (Å²) in [5, 5.41) is 3.29. The number of nitrogens with zero attached hydrogens (tertiary/aromatic N) is 2. The van der Waals surface area contributed by atoms with Crippen molar-refractivity contribution in [3.05, 3.63) is 17.6 Å². The van der Waals surface area contributed by atoms with Gasteiger partial charge < -0.3 is 5.32 Å². The minimum Gasteiger partial charge on any atom is -0.366 e. The average Bonchev–Trinajstić information content (AvgIpc) is 2.69. The second-order valence-electron chi connectivity index (χ2n) is 5.10. The van der Waals surface area contributed by atoms with E-state index >= 15 is 0 Å². The van der Waals surface area contributed by atoms with E-state index in [2.05, 4.69) is 15.3 Å². The van der Waals surface area contributed by atoms with Gasteiger partial charge in [0.05, 0.1) is 11.5 Å². The molecular weight excluding hydrogens is 250 g/mol. The van der Waals surface area contributed by atoms with E-state index < -0.39 is 9.84 Å². The van der Waals surface area contributed by atoms with Gasteiger partial charge in [-0.25, -0.2) is 18.4 Å². The summed E-state index contributed by atoms with van der Waals surface area (Å²) in [4.78, 5) is 8.60. The normalized spacial score (nSPS) is 25.7. The Hall–Kier alpha value is -1.17. The zero-order valence-electron chi connectivity index (χ0n) is 10.2. The van der Waals surface area contributed by atoms with E-state index in [0.29, 0.717) is 6.42 Å². The molecule has 0 amide bonds. The predicted molar refractivity (Wildman–Crippen MR) is 69.4 cm³/mol. The number of aryl methyl sites for hydroxylation is 1. The van der Waals surface area contributed by atoms with Crippen LogP contribution in [0.15, 0.2) is 6.33 Å². The molecule has 1 aromatic heterocycles. The third-order valence-corrected chi connectivity index (χ3v) is 5.47. The van der Waals surface area contributed by atoms with Crippen LogP contribution in [0.4, 0.5) is 5.82 Å². The molecule has 1 N–H and O–H groups in total. The smallest absolute Gasteiger partial charge is 0.152 e. The van der Waals surface area contributed by atoms with Gasteiger partial charge in [0.2, 0.25) is 0 Å². The van der Waals surface area contributed by atoms with Gasteiger partial charge >= 0.3 is 0 Å². The highest BCUT2D eigenvalue weighted by Crippen LogP contribution is 2.26. The van der Waals surface area contributed by atoms with Crippen molar-refractivity contribution < 1.29 is 8.42 Å². The Labute approximate surface area is 107 Å². The molecule has 0 saturated carbocycles. The topological polar surface area (TPSA) is 72.0 Å². The largest absolute Gasteiger partial charge is 0.366 e. The summed E-state index contributed by atoms with van der Waals surface area (Å²) in [6, 6.07) is 0.0101. The first-order valence-electron chi connectivity index (χ1n) is 6.44. The second-order valence-corrected chi connectivity index (χ2v) is 7.33. The van der Waals surface area contributed by atoms with Crippen LogP contribution >= 0.6 is 0 Å². The molecule has 98 valence electrons. The molecule has 1 saturated heterocycles. The minimum atomic E-state index is -2.84. The van der Waals surface area contributed by atoms with E-state index in [-0.39, 0.29) is 17.5 Å². The molecular formula is C12H17N3O2S. The Morgan fingerprint density at radius 3 is 2.83 bits per heavy atom. The molecule has 5 nitrogen and oxygen atoms in total. The summed E-state index contributed by atoms with van der Waals surface area (Å²) in [7, 11) is -2.84. The van der Waals surface area contributed by atoms with Gasteiger partial charge in [0, 0.05) is 17.3 Å². The van der Waals surface area contributed by atoms with Crippen LogP contribution in [0, 0.1) is 0 Å². The molecule has 3 rings (SSSR count). The molecule has 1 unspecified atom stereocenters. The van der Waals surface area contributed by atoms with Gasteiger partial charge in [-0.1, -0.05) is 0 Å². The summed E-state index contributed by atoms with van der Waals surface area (Å²) < 4.78 is 22.9. The van der Waals surface area contributed by atoms with Crippen LogP contribution < -0.4 is 5.32 Å². The first-order valence-corrected chi connectivity index (χ1v) is 8.26. The third kappa shape index (κ3) is 2.34. The van der Waals surface area contributed by atoms with Crippen molar-refractivity contribution in [1.29, 1.82) is 0 Å². The SMILES string of the molecule is O=S1(=O)CCC(Nc2ncnc3c2CCCC3)C1. The summed E-state index contributed by atoms with van der Waals surface area (Å²) in [6.07, 6.45) is 6.61. The lowest BCUT2D eigenvalue weighted by Gasteiger charge is -2.20.